The van der Waals surface area contributed by atoms with Gasteiger partial charge in [0.2, 0.25) is 0 Å². The summed E-state index contributed by atoms with van der Waals surface area (Å²) in [4.78, 5) is 7.03. The number of nitrogens with one attached hydrogen (secondary N) is 1. The van der Waals surface area contributed by atoms with E-state index in [-0.39, 0.29) is 6.61 Å². The number of aliphatic hydroxyl groups excluding tert-OH is 1. The minimum atomic E-state index is -0.0350. The number of furan rings is 1. The topological polar surface area (TPSA) is 62.1 Å². The molecule has 0 saturated heterocycles. The lowest BCUT2D eigenvalue weighted by molar-refractivity contribution is 0.277. The van der Waals surface area contributed by atoms with Gasteiger partial charge in [-0.3, -0.25) is 0 Å². The molecule has 4 nitrogen and oxygen atoms in total. The molecule has 0 spiro atoms. The molecule has 0 amide bonds. The number of aryl methyl sites for hydroxylation is 1. The van der Waals surface area contributed by atoms with Gasteiger partial charge in [-0.2, -0.15) is 0 Å². The summed E-state index contributed by atoms with van der Waals surface area (Å²) in [6.07, 6.45) is 3.21. The first kappa shape index (κ1) is 8.07. The highest BCUT2D eigenvalue weighted by atomic mass is 16.3. The van der Waals surface area contributed by atoms with E-state index in [1.54, 1.807) is 12.5 Å². The predicted octanol–water partition coefficient (Wildman–Crippen LogP) is 1.47. The molecule has 0 saturated carbocycles. The van der Waals surface area contributed by atoms with Crippen molar-refractivity contribution in [2.24, 2.45) is 0 Å². The van der Waals surface area contributed by atoms with Crippen LogP contribution in [0.4, 0.5) is 0 Å². The Labute approximate surface area is 75.2 Å². The van der Waals surface area contributed by atoms with Gasteiger partial charge in [0.05, 0.1) is 24.8 Å². The van der Waals surface area contributed by atoms with Crippen molar-refractivity contribution in [3.05, 3.63) is 29.8 Å². The minimum absolute atomic E-state index is 0.0350. The Balaban J connectivity index is 2.41. The van der Waals surface area contributed by atoms with Gasteiger partial charge in [-0.25, -0.2) is 4.98 Å². The van der Waals surface area contributed by atoms with Gasteiger partial charge in [0.1, 0.15) is 0 Å². The third kappa shape index (κ3) is 1.36. The first-order chi connectivity index (χ1) is 6.31. The van der Waals surface area contributed by atoms with Crippen molar-refractivity contribution in [2.45, 2.75) is 13.5 Å². The monoisotopic (exact) mass is 178 g/mol. The van der Waals surface area contributed by atoms with Crippen LogP contribution < -0.4 is 0 Å². The van der Waals surface area contributed by atoms with Gasteiger partial charge in [0, 0.05) is 0 Å². The Hall–Kier alpha value is -1.55. The second kappa shape index (κ2) is 3.06. The summed E-state index contributed by atoms with van der Waals surface area (Å²) in [6, 6.07) is 1.87. The maximum atomic E-state index is 8.82. The number of aromatic amines is 1. The number of nitrogens with zero attached hydrogens (tertiary/aromatic N) is 1. The van der Waals surface area contributed by atoms with Gasteiger partial charge in [0.25, 0.3) is 0 Å². The molecule has 2 rings (SSSR count). The fourth-order valence-electron chi connectivity index (χ4n) is 1.17. The highest BCUT2D eigenvalue weighted by Gasteiger charge is 2.08. The van der Waals surface area contributed by atoms with E-state index < -0.39 is 0 Å². The number of aliphatic hydroxyl groups is 1. The van der Waals surface area contributed by atoms with Gasteiger partial charge in [0.15, 0.2) is 11.6 Å². The lowest BCUT2D eigenvalue weighted by atomic mass is 10.3. The largest absolute Gasteiger partial charge is 0.461 e. The third-order valence-corrected chi connectivity index (χ3v) is 1.88. The van der Waals surface area contributed by atoms with E-state index in [4.69, 9.17) is 9.52 Å². The zero-order valence-corrected chi connectivity index (χ0v) is 7.24. The van der Waals surface area contributed by atoms with Crippen LogP contribution in [0.2, 0.25) is 0 Å². The molecule has 0 aliphatic carbocycles. The number of hydrogen-bond acceptors (Lipinski definition) is 3. The van der Waals surface area contributed by atoms with Gasteiger partial charge in [-0.15, -0.1) is 0 Å². The zero-order valence-electron chi connectivity index (χ0n) is 7.24. The predicted molar refractivity (Wildman–Crippen MR) is 46.9 cm³/mol. The molecule has 0 aliphatic rings. The molecule has 2 aromatic rings. The number of aromatic nitrogens is 2. The van der Waals surface area contributed by atoms with Crippen LogP contribution in [0, 0.1) is 6.92 Å². The standard InChI is InChI=1S/C9H10N2O2/c1-6-2-3-13-8(6)9-10-4-7(5-12)11-9/h2-4,12H,5H2,1H3,(H,10,11). The smallest absolute Gasteiger partial charge is 0.174 e. The highest BCUT2D eigenvalue weighted by molar-refractivity contribution is 5.52. The van der Waals surface area contributed by atoms with Gasteiger partial charge < -0.3 is 14.5 Å². The van der Waals surface area contributed by atoms with Crippen LogP contribution in [0.15, 0.2) is 22.9 Å². The maximum absolute atomic E-state index is 8.82. The molecule has 0 atom stereocenters. The highest BCUT2D eigenvalue weighted by Crippen LogP contribution is 2.20. The summed E-state index contributed by atoms with van der Waals surface area (Å²) in [5.41, 5.74) is 1.71. The van der Waals surface area contributed by atoms with E-state index in [0.29, 0.717) is 11.5 Å². The lowest BCUT2D eigenvalue weighted by Crippen LogP contribution is -1.83. The van der Waals surface area contributed by atoms with Crippen LogP contribution in [-0.4, -0.2) is 15.1 Å². The Morgan fingerprint density at radius 3 is 3.00 bits per heavy atom. The Morgan fingerprint density at radius 2 is 2.46 bits per heavy atom. The summed E-state index contributed by atoms with van der Waals surface area (Å²) >= 11 is 0. The Morgan fingerprint density at radius 1 is 1.62 bits per heavy atom. The van der Waals surface area contributed by atoms with Crippen LogP contribution >= 0.6 is 0 Å². The van der Waals surface area contributed by atoms with E-state index in [1.807, 2.05) is 13.0 Å². The molecule has 0 bridgehead atoms. The maximum Gasteiger partial charge on any atom is 0.174 e. The van der Waals surface area contributed by atoms with Crippen LogP contribution in [0.1, 0.15) is 11.3 Å². The molecular formula is C9H10N2O2. The lowest BCUT2D eigenvalue weighted by Gasteiger charge is -1.91. The average molecular weight is 178 g/mol. The fraction of sp³-hybridized carbons (Fsp3) is 0.222. The molecule has 0 aromatic carbocycles. The molecule has 2 N–H and O–H groups in total. The molecule has 0 aliphatic heterocycles. The zero-order chi connectivity index (χ0) is 9.26. The summed E-state index contributed by atoms with van der Waals surface area (Å²) < 4.78 is 5.23. The molecule has 0 fully saturated rings. The van der Waals surface area contributed by atoms with Gasteiger partial charge in [-0.05, 0) is 18.6 Å². The molecule has 0 radical (unpaired) electrons. The molecule has 13 heavy (non-hydrogen) atoms. The van der Waals surface area contributed by atoms with Gasteiger partial charge in [-0.1, -0.05) is 0 Å². The summed E-state index contributed by atoms with van der Waals surface area (Å²) in [7, 11) is 0. The third-order valence-electron chi connectivity index (χ3n) is 1.88. The van der Waals surface area contributed by atoms with E-state index in [2.05, 4.69) is 9.97 Å². The molecule has 68 valence electrons. The van der Waals surface area contributed by atoms with E-state index in [1.165, 1.54) is 0 Å². The number of hydrogen-bond donors (Lipinski definition) is 2. The van der Waals surface area contributed by atoms with Crippen molar-refractivity contribution in [2.75, 3.05) is 0 Å². The number of imidazole rings is 1. The van der Waals surface area contributed by atoms with Crippen molar-refractivity contribution in [1.82, 2.24) is 9.97 Å². The van der Waals surface area contributed by atoms with Gasteiger partial charge >= 0.3 is 0 Å². The molecular weight excluding hydrogens is 168 g/mol. The van der Waals surface area contributed by atoms with Crippen molar-refractivity contribution in [3.8, 4) is 11.6 Å². The van der Waals surface area contributed by atoms with Crippen LogP contribution in [0.25, 0.3) is 11.6 Å². The Kier molecular flexibility index (Phi) is 1.90. The normalized spacial score (nSPS) is 10.6. The van der Waals surface area contributed by atoms with Crippen molar-refractivity contribution in [3.63, 3.8) is 0 Å². The molecule has 4 heteroatoms. The van der Waals surface area contributed by atoms with E-state index in [9.17, 15) is 0 Å². The first-order valence-corrected chi connectivity index (χ1v) is 4.00. The first-order valence-electron chi connectivity index (χ1n) is 4.00. The second-order valence-corrected chi connectivity index (χ2v) is 2.85. The summed E-state index contributed by atoms with van der Waals surface area (Å²) in [5, 5.41) is 8.82. The van der Waals surface area contributed by atoms with E-state index >= 15 is 0 Å². The molecule has 0 unspecified atom stereocenters. The van der Waals surface area contributed by atoms with Crippen molar-refractivity contribution >= 4 is 0 Å². The average Bonchev–Trinajstić information content (AvgIpc) is 2.71. The van der Waals surface area contributed by atoms with Crippen LogP contribution in [0.5, 0.6) is 0 Å². The summed E-state index contributed by atoms with van der Waals surface area (Å²) in [6.45, 7) is 1.91. The Bertz CT molecular complexity index is 403. The SMILES string of the molecule is Cc1ccoc1-c1ncc(CO)[nH]1. The van der Waals surface area contributed by atoms with Crippen molar-refractivity contribution < 1.29 is 9.52 Å². The summed E-state index contributed by atoms with van der Waals surface area (Å²) in [5.74, 6) is 1.38. The van der Waals surface area contributed by atoms with Crippen LogP contribution in [0.3, 0.4) is 0 Å². The number of H-pyrrole nitrogens is 1. The minimum Gasteiger partial charge on any atom is -0.461 e. The fourth-order valence-corrected chi connectivity index (χ4v) is 1.17. The molecule has 2 heterocycles. The second-order valence-electron chi connectivity index (χ2n) is 2.85. The van der Waals surface area contributed by atoms with Crippen molar-refractivity contribution in [1.29, 1.82) is 0 Å². The molecule has 2 aromatic heterocycles. The number of rotatable bonds is 2. The quantitative estimate of drug-likeness (QED) is 0.732. The van der Waals surface area contributed by atoms with E-state index in [0.717, 1.165) is 11.3 Å². The van der Waals surface area contributed by atoms with Crippen LogP contribution in [-0.2, 0) is 6.61 Å².